The Labute approximate surface area is 216 Å². The number of hydrogen-bond acceptors (Lipinski definition) is 8. The smallest absolute Gasteiger partial charge is 0.270 e. The van der Waals surface area contributed by atoms with Crippen LogP contribution in [-0.2, 0) is 19.4 Å². The first-order chi connectivity index (χ1) is 17.6. The van der Waals surface area contributed by atoms with E-state index in [4.69, 9.17) is 0 Å². The first kappa shape index (κ1) is 23.9. The lowest BCUT2D eigenvalue weighted by Gasteiger charge is -2.09. The summed E-state index contributed by atoms with van der Waals surface area (Å²) in [5.74, 6) is 0.764. The number of aromatic nitrogens is 3. The van der Waals surface area contributed by atoms with Gasteiger partial charge in [-0.3, -0.25) is 10.1 Å². The molecular formula is C26H22N6O2S2. The van der Waals surface area contributed by atoms with Crippen molar-refractivity contribution in [2.45, 2.75) is 49.2 Å². The van der Waals surface area contributed by atoms with Gasteiger partial charge in [-0.15, -0.1) is 21.5 Å². The van der Waals surface area contributed by atoms with Gasteiger partial charge < -0.3 is 4.57 Å². The molecule has 1 aliphatic rings. The summed E-state index contributed by atoms with van der Waals surface area (Å²) < 4.78 is 2.02. The summed E-state index contributed by atoms with van der Waals surface area (Å²) in [6.07, 6.45) is 5.70. The van der Waals surface area contributed by atoms with Crippen molar-refractivity contribution in [3.8, 4) is 17.5 Å². The SMILES string of the molecule is CCn1c(Sc2ccc([N+](=O)[O-])cc2C=Nc2sc3c(c2C#N)CCCC3)nnc1-c1ccccc1. The van der Waals surface area contributed by atoms with Gasteiger partial charge in [0, 0.05) is 45.8 Å². The third-order valence-corrected chi connectivity index (χ3v) is 8.33. The molecule has 0 radical (unpaired) electrons. The normalized spacial score (nSPS) is 13.0. The van der Waals surface area contributed by atoms with Crippen LogP contribution < -0.4 is 0 Å². The van der Waals surface area contributed by atoms with Crippen LogP contribution in [0.25, 0.3) is 11.4 Å². The van der Waals surface area contributed by atoms with Gasteiger partial charge in [0.15, 0.2) is 11.0 Å². The fraction of sp³-hybridized carbons (Fsp3) is 0.231. The molecule has 180 valence electrons. The highest BCUT2D eigenvalue weighted by atomic mass is 32.2. The summed E-state index contributed by atoms with van der Waals surface area (Å²) in [4.78, 5) is 17.7. The van der Waals surface area contributed by atoms with Crippen molar-refractivity contribution in [3.63, 3.8) is 0 Å². The first-order valence-corrected chi connectivity index (χ1v) is 13.3. The third-order valence-electron chi connectivity index (χ3n) is 6.06. The van der Waals surface area contributed by atoms with Gasteiger partial charge in [-0.05, 0) is 56.0 Å². The van der Waals surface area contributed by atoms with Gasteiger partial charge in [0.2, 0.25) is 0 Å². The minimum Gasteiger partial charge on any atom is -0.302 e. The molecule has 0 unspecified atom stereocenters. The molecule has 2 heterocycles. The lowest BCUT2D eigenvalue weighted by Crippen LogP contribution is -2.00. The molecule has 0 fully saturated rings. The Morgan fingerprint density at radius 3 is 2.78 bits per heavy atom. The summed E-state index contributed by atoms with van der Waals surface area (Å²) >= 11 is 2.93. The van der Waals surface area contributed by atoms with E-state index in [1.807, 2.05) is 41.8 Å². The van der Waals surface area contributed by atoms with Crippen LogP contribution in [0, 0.1) is 21.4 Å². The zero-order chi connectivity index (χ0) is 25.1. The van der Waals surface area contributed by atoms with Crippen LogP contribution in [0.2, 0.25) is 0 Å². The Balaban J connectivity index is 1.52. The average Bonchev–Trinajstić information content (AvgIpc) is 3.48. The van der Waals surface area contributed by atoms with Crippen LogP contribution in [0.1, 0.15) is 41.3 Å². The van der Waals surface area contributed by atoms with Crippen LogP contribution >= 0.6 is 23.1 Å². The Morgan fingerprint density at radius 1 is 1.22 bits per heavy atom. The molecule has 1 aliphatic carbocycles. The van der Waals surface area contributed by atoms with E-state index in [0.717, 1.165) is 47.5 Å². The zero-order valence-corrected chi connectivity index (χ0v) is 21.2. The molecule has 2 aromatic carbocycles. The van der Waals surface area contributed by atoms with Gasteiger partial charge in [0.25, 0.3) is 5.69 Å². The van der Waals surface area contributed by atoms with Crippen LogP contribution in [0.15, 0.2) is 63.6 Å². The van der Waals surface area contributed by atoms with Crippen molar-refractivity contribution in [2.24, 2.45) is 4.99 Å². The van der Waals surface area contributed by atoms with Gasteiger partial charge in [-0.1, -0.05) is 30.3 Å². The second kappa shape index (κ2) is 10.4. The molecule has 0 N–H and O–H groups in total. The monoisotopic (exact) mass is 514 g/mol. The summed E-state index contributed by atoms with van der Waals surface area (Å²) in [6, 6.07) is 16.9. The van der Waals surface area contributed by atoms with E-state index in [-0.39, 0.29) is 5.69 Å². The van der Waals surface area contributed by atoms with E-state index in [9.17, 15) is 15.4 Å². The molecule has 2 aromatic heterocycles. The van der Waals surface area contributed by atoms with E-state index < -0.39 is 4.92 Å². The zero-order valence-electron chi connectivity index (χ0n) is 19.5. The lowest BCUT2D eigenvalue weighted by atomic mass is 9.96. The minimum absolute atomic E-state index is 0.0197. The van der Waals surface area contributed by atoms with Crippen molar-refractivity contribution in [1.29, 1.82) is 5.26 Å². The highest BCUT2D eigenvalue weighted by Gasteiger charge is 2.21. The largest absolute Gasteiger partial charge is 0.302 e. The molecule has 0 saturated heterocycles. The lowest BCUT2D eigenvalue weighted by molar-refractivity contribution is -0.384. The Hall–Kier alpha value is -3.81. The van der Waals surface area contributed by atoms with Crippen molar-refractivity contribution >= 4 is 40.0 Å². The fourth-order valence-electron chi connectivity index (χ4n) is 4.28. The van der Waals surface area contributed by atoms with Crippen LogP contribution in [0.4, 0.5) is 10.7 Å². The van der Waals surface area contributed by atoms with E-state index in [1.165, 1.54) is 28.8 Å². The summed E-state index contributed by atoms with van der Waals surface area (Å²) in [5.41, 5.74) is 3.28. The van der Waals surface area contributed by atoms with E-state index in [1.54, 1.807) is 23.6 Å². The number of nitro benzene ring substituents is 1. The van der Waals surface area contributed by atoms with Crippen LogP contribution in [0.5, 0.6) is 0 Å². The number of non-ortho nitro benzene ring substituents is 1. The summed E-state index contributed by atoms with van der Waals surface area (Å²) in [5, 5.41) is 31.4. The summed E-state index contributed by atoms with van der Waals surface area (Å²) in [6.45, 7) is 2.70. The number of rotatable bonds is 7. The number of nitro groups is 1. The van der Waals surface area contributed by atoms with Crippen LogP contribution in [-0.4, -0.2) is 25.9 Å². The van der Waals surface area contributed by atoms with E-state index in [2.05, 4.69) is 21.3 Å². The molecule has 0 spiro atoms. The van der Waals surface area contributed by atoms with Gasteiger partial charge in [0.1, 0.15) is 11.1 Å². The van der Waals surface area contributed by atoms with Crippen molar-refractivity contribution in [1.82, 2.24) is 14.8 Å². The molecule has 0 bridgehead atoms. The maximum atomic E-state index is 11.5. The predicted molar refractivity (Wildman–Crippen MR) is 141 cm³/mol. The third kappa shape index (κ3) is 4.67. The summed E-state index contributed by atoms with van der Waals surface area (Å²) in [7, 11) is 0. The predicted octanol–water partition coefficient (Wildman–Crippen LogP) is 6.59. The number of hydrogen-bond donors (Lipinski definition) is 0. The number of fused-ring (bicyclic) bond motifs is 1. The Bertz CT molecular complexity index is 1500. The van der Waals surface area contributed by atoms with E-state index in [0.29, 0.717) is 27.8 Å². The topological polar surface area (TPSA) is 110 Å². The van der Waals surface area contributed by atoms with Crippen molar-refractivity contribution in [2.75, 3.05) is 0 Å². The molecule has 0 atom stereocenters. The second-order valence-corrected chi connectivity index (χ2v) is 10.4. The quantitative estimate of drug-likeness (QED) is 0.156. The van der Waals surface area contributed by atoms with Crippen molar-refractivity contribution < 1.29 is 4.92 Å². The number of thiophene rings is 1. The van der Waals surface area contributed by atoms with Crippen LogP contribution in [0.3, 0.4) is 0 Å². The number of aryl methyl sites for hydroxylation is 1. The Morgan fingerprint density at radius 2 is 2.03 bits per heavy atom. The molecule has 4 aromatic rings. The maximum absolute atomic E-state index is 11.5. The maximum Gasteiger partial charge on any atom is 0.270 e. The molecule has 8 nitrogen and oxygen atoms in total. The molecule has 0 amide bonds. The molecular weight excluding hydrogens is 492 g/mol. The number of nitrogens with zero attached hydrogens (tertiary/aromatic N) is 6. The van der Waals surface area contributed by atoms with Gasteiger partial charge >= 0.3 is 0 Å². The number of aliphatic imine (C=N–C) groups is 1. The highest BCUT2D eigenvalue weighted by molar-refractivity contribution is 7.99. The number of benzene rings is 2. The number of nitriles is 1. The van der Waals surface area contributed by atoms with E-state index >= 15 is 0 Å². The molecule has 0 aliphatic heterocycles. The first-order valence-electron chi connectivity index (χ1n) is 11.6. The highest BCUT2D eigenvalue weighted by Crippen LogP contribution is 2.40. The molecule has 10 heteroatoms. The second-order valence-electron chi connectivity index (χ2n) is 8.26. The molecule has 36 heavy (non-hydrogen) atoms. The minimum atomic E-state index is -0.418. The molecule has 0 saturated carbocycles. The average molecular weight is 515 g/mol. The Kier molecular flexibility index (Phi) is 6.93. The standard InChI is InChI=1S/C26H22N6O2S2/c1-2-31-24(17-8-4-3-5-9-17)29-30-26(31)36-22-13-12-19(32(33)34)14-18(22)16-28-25-21(15-27)20-10-6-7-11-23(20)35-25/h3-5,8-9,12-14,16H,2,6-7,10-11H2,1H3. The van der Waals surface area contributed by atoms with Gasteiger partial charge in [-0.25, -0.2) is 4.99 Å². The van der Waals surface area contributed by atoms with Gasteiger partial charge in [0.05, 0.1) is 10.5 Å². The van der Waals surface area contributed by atoms with Crippen molar-refractivity contribution in [3.05, 3.63) is 80.2 Å². The fourth-order valence-corrected chi connectivity index (χ4v) is 6.43. The van der Waals surface area contributed by atoms with Gasteiger partial charge in [-0.2, -0.15) is 5.26 Å². The molecule has 5 rings (SSSR count).